The van der Waals surface area contributed by atoms with Crippen LogP contribution in [0, 0.1) is 0 Å². The quantitative estimate of drug-likeness (QED) is 0.544. The molecular formula is C21H20Cl2N6O2. The highest BCUT2D eigenvalue weighted by atomic mass is 35.5. The van der Waals surface area contributed by atoms with Gasteiger partial charge in [0.25, 0.3) is 5.91 Å². The van der Waals surface area contributed by atoms with E-state index in [9.17, 15) is 4.79 Å². The summed E-state index contributed by atoms with van der Waals surface area (Å²) >= 11 is 11.8. The average Bonchev–Trinajstić information content (AvgIpc) is 2.79. The Labute approximate surface area is 189 Å². The number of rotatable bonds is 6. The van der Waals surface area contributed by atoms with E-state index in [0.717, 1.165) is 5.69 Å². The Bertz CT molecular complexity index is 1060. The number of halogens is 2. The highest BCUT2D eigenvalue weighted by Crippen LogP contribution is 2.21. The Morgan fingerprint density at radius 1 is 1.06 bits per heavy atom. The minimum Gasteiger partial charge on any atom is -0.378 e. The van der Waals surface area contributed by atoms with Crippen LogP contribution < -0.4 is 15.5 Å². The van der Waals surface area contributed by atoms with Crippen LogP contribution in [-0.2, 0) is 11.3 Å². The van der Waals surface area contributed by atoms with E-state index in [1.807, 2.05) is 12.1 Å². The lowest BCUT2D eigenvalue weighted by molar-refractivity contribution is 0.0950. The van der Waals surface area contributed by atoms with Crippen molar-refractivity contribution in [1.82, 2.24) is 20.3 Å². The van der Waals surface area contributed by atoms with Crippen molar-refractivity contribution in [1.29, 1.82) is 0 Å². The molecule has 1 amide bonds. The van der Waals surface area contributed by atoms with Crippen LogP contribution in [-0.4, -0.2) is 47.2 Å². The molecule has 2 N–H and O–H groups in total. The van der Waals surface area contributed by atoms with Gasteiger partial charge in [-0.05, 0) is 36.4 Å². The summed E-state index contributed by atoms with van der Waals surface area (Å²) in [4.78, 5) is 27.7. The first kappa shape index (κ1) is 21.3. The number of amides is 1. The van der Waals surface area contributed by atoms with Gasteiger partial charge < -0.3 is 20.3 Å². The number of nitrogens with one attached hydrogen (secondary N) is 2. The summed E-state index contributed by atoms with van der Waals surface area (Å²) in [7, 11) is 0. The second-order valence-electron chi connectivity index (χ2n) is 6.83. The summed E-state index contributed by atoms with van der Waals surface area (Å²) in [6.07, 6.45) is 1.49. The van der Waals surface area contributed by atoms with E-state index in [1.165, 1.54) is 12.3 Å². The van der Waals surface area contributed by atoms with Gasteiger partial charge in [-0.1, -0.05) is 23.2 Å². The van der Waals surface area contributed by atoms with E-state index >= 15 is 0 Å². The van der Waals surface area contributed by atoms with Crippen LogP contribution in [0.25, 0.3) is 0 Å². The number of carbonyl (C=O) groups excluding carboxylic acids is 1. The number of benzene rings is 1. The van der Waals surface area contributed by atoms with Gasteiger partial charge in [0.2, 0.25) is 5.95 Å². The molecule has 10 heteroatoms. The summed E-state index contributed by atoms with van der Waals surface area (Å²) < 4.78 is 5.43. The van der Waals surface area contributed by atoms with E-state index in [0.29, 0.717) is 54.3 Å². The second kappa shape index (κ2) is 9.91. The van der Waals surface area contributed by atoms with Crippen molar-refractivity contribution in [2.24, 2.45) is 0 Å². The number of pyridine rings is 1. The maximum absolute atomic E-state index is 12.5. The molecule has 0 unspecified atom stereocenters. The summed E-state index contributed by atoms with van der Waals surface area (Å²) in [6, 6.07) is 12.3. The van der Waals surface area contributed by atoms with Gasteiger partial charge in [-0.15, -0.1) is 0 Å². The molecule has 1 aromatic carbocycles. The monoisotopic (exact) mass is 458 g/mol. The zero-order valence-corrected chi connectivity index (χ0v) is 18.0. The normalized spacial score (nSPS) is 13.7. The first-order valence-corrected chi connectivity index (χ1v) is 10.5. The number of aromatic nitrogens is 3. The largest absolute Gasteiger partial charge is 0.378 e. The van der Waals surface area contributed by atoms with Crippen molar-refractivity contribution in [3.8, 4) is 0 Å². The maximum atomic E-state index is 12.5. The third-order valence-electron chi connectivity index (χ3n) is 4.60. The van der Waals surface area contributed by atoms with Gasteiger partial charge in [-0.25, -0.2) is 9.97 Å². The molecule has 2 aromatic heterocycles. The Kier molecular flexibility index (Phi) is 6.81. The number of nitrogens with zero attached hydrogens (tertiary/aromatic N) is 4. The lowest BCUT2D eigenvalue weighted by atomic mass is 10.2. The summed E-state index contributed by atoms with van der Waals surface area (Å²) in [5.41, 5.74) is 1.95. The van der Waals surface area contributed by atoms with Crippen LogP contribution in [0.3, 0.4) is 0 Å². The molecule has 0 radical (unpaired) electrons. The Hall–Kier alpha value is -2.94. The average molecular weight is 459 g/mol. The lowest BCUT2D eigenvalue weighted by Gasteiger charge is -2.27. The standard InChI is InChI=1S/C21H20Cl2N6O2/c22-15-1-3-16(4-2-15)26-19-12-17(27-21(28-19)29-7-9-31-10-8-29)13-25-20(30)14-5-6-24-18(23)11-14/h1-6,11-12H,7-10,13H2,(H,25,30)(H,26,27,28). The predicted octanol–water partition coefficient (Wildman–Crippen LogP) is 3.69. The number of hydrogen-bond donors (Lipinski definition) is 2. The summed E-state index contributed by atoms with van der Waals surface area (Å²) in [5, 5.41) is 7.06. The highest BCUT2D eigenvalue weighted by molar-refractivity contribution is 6.30. The lowest BCUT2D eigenvalue weighted by Crippen LogP contribution is -2.37. The molecule has 1 saturated heterocycles. The van der Waals surface area contributed by atoms with E-state index in [1.54, 1.807) is 24.3 Å². The molecule has 1 aliphatic heterocycles. The first-order chi connectivity index (χ1) is 15.1. The SMILES string of the molecule is O=C(NCc1cc(Nc2ccc(Cl)cc2)nc(N2CCOCC2)n1)c1ccnc(Cl)c1. The van der Waals surface area contributed by atoms with Crippen LogP contribution in [0.15, 0.2) is 48.7 Å². The van der Waals surface area contributed by atoms with Gasteiger partial charge in [0.15, 0.2) is 0 Å². The third kappa shape index (κ3) is 5.81. The van der Waals surface area contributed by atoms with Crippen molar-refractivity contribution in [3.05, 3.63) is 70.1 Å². The van der Waals surface area contributed by atoms with Gasteiger partial charge in [0.1, 0.15) is 11.0 Å². The van der Waals surface area contributed by atoms with Crippen LogP contribution in [0.2, 0.25) is 10.2 Å². The number of ether oxygens (including phenoxy) is 1. The van der Waals surface area contributed by atoms with E-state index in [-0.39, 0.29) is 17.6 Å². The van der Waals surface area contributed by atoms with Crippen molar-refractivity contribution < 1.29 is 9.53 Å². The molecule has 3 aromatic rings. The Balaban J connectivity index is 1.54. The van der Waals surface area contributed by atoms with Gasteiger partial charge in [0, 0.05) is 41.6 Å². The summed E-state index contributed by atoms with van der Waals surface area (Å²) in [6.45, 7) is 2.87. The van der Waals surface area contributed by atoms with Crippen molar-refractivity contribution >= 4 is 46.6 Å². The molecule has 3 heterocycles. The maximum Gasteiger partial charge on any atom is 0.251 e. The fraction of sp³-hybridized carbons (Fsp3) is 0.238. The van der Waals surface area contributed by atoms with Crippen molar-refractivity contribution in [2.75, 3.05) is 36.5 Å². The highest BCUT2D eigenvalue weighted by Gasteiger charge is 2.16. The zero-order chi connectivity index (χ0) is 21.6. The molecule has 1 aliphatic rings. The molecule has 0 bridgehead atoms. The molecule has 8 nitrogen and oxygen atoms in total. The molecule has 1 fully saturated rings. The Morgan fingerprint density at radius 2 is 1.84 bits per heavy atom. The molecule has 0 saturated carbocycles. The molecule has 31 heavy (non-hydrogen) atoms. The predicted molar refractivity (Wildman–Crippen MR) is 120 cm³/mol. The molecule has 0 spiro atoms. The topological polar surface area (TPSA) is 92.3 Å². The number of morpholine rings is 1. The van der Waals surface area contributed by atoms with Crippen LogP contribution in [0.5, 0.6) is 0 Å². The molecule has 0 aliphatic carbocycles. The van der Waals surface area contributed by atoms with E-state index in [4.69, 9.17) is 27.9 Å². The van der Waals surface area contributed by atoms with Crippen molar-refractivity contribution in [3.63, 3.8) is 0 Å². The smallest absolute Gasteiger partial charge is 0.251 e. The molecular weight excluding hydrogens is 439 g/mol. The van der Waals surface area contributed by atoms with E-state index in [2.05, 4.69) is 30.5 Å². The first-order valence-electron chi connectivity index (χ1n) is 9.70. The van der Waals surface area contributed by atoms with E-state index < -0.39 is 0 Å². The number of anilines is 3. The minimum atomic E-state index is -0.261. The van der Waals surface area contributed by atoms with Crippen LogP contribution in [0.4, 0.5) is 17.5 Å². The molecule has 0 atom stereocenters. The number of carbonyl (C=O) groups is 1. The van der Waals surface area contributed by atoms with Gasteiger partial charge in [0.05, 0.1) is 25.5 Å². The molecule has 160 valence electrons. The van der Waals surface area contributed by atoms with Crippen LogP contribution >= 0.6 is 23.2 Å². The van der Waals surface area contributed by atoms with Gasteiger partial charge in [-0.2, -0.15) is 4.98 Å². The van der Waals surface area contributed by atoms with Crippen LogP contribution in [0.1, 0.15) is 16.1 Å². The Morgan fingerprint density at radius 3 is 2.58 bits per heavy atom. The second-order valence-corrected chi connectivity index (χ2v) is 7.65. The molecule has 4 rings (SSSR count). The fourth-order valence-corrected chi connectivity index (χ4v) is 3.34. The minimum absolute atomic E-state index is 0.230. The summed E-state index contributed by atoms with van der Waals surface area (Å²) in [5.74, 6) is 0.941. The fourth-order valence-electron chi connectivity index (χ4n) is 3.04. The third-order valence-corrected chi connectivity index (χ3v) is 5.06. The zero-order valence-electron chi connectivity index (χ0n) is 16.5. The van der Waals surface area contributed by atoms with Crippen molar-refractivity contribution in [2.45, 2.75) is 6.54 Å². The van der Waals surface area contributed by atoms with Gasteiger partial charge in [-0.3, -0.25) is 4.79 Å². The number of hydrogen-bond acceptors (Lipinski definition) is 7. The van der Waals surface area contributed by atoms with Gasteiger partial charge >= 0.3 is 0 Å².